The molecule has 21 heavy (non-hydrogen) atoms. The van der Waals surface area contributed by atoms with Crippen LogP contribution in [0.2, 0.25) is 0 Å². The van der Waals surface area contributed by atoms with Gasteiger partial charge in [-0.1, -0.05) is 0 Å². The van der Waals surface area contributed by atoms with Crippen molar-refractivity contribution in [2.24, 2.45) is 0 Å². The summed E-state index contributed by atoms with van der Waals surface area (Å²) >= 11 is 0. The minimum Gasteiger partial charge on any atom is -0.394 e. The maximum Gasteiger partial charge on any atom is 0.145 e. The predicted molar refractivity (Wildman–Crippen MR) is 84.3 cm³/mol. The van der Waals surface area contributed by atoms with Crippen molar-refractivity contribution in [1.29, 1.82) is 0 Å². The zero-order chi connectivity index (χ0) is 16.2. The third-order valence-corrected chi connectivity index (χ3v) is 3.04. The molecule has 2 rings (SSSR count). The van der Waals surface area contributed by atoms with Gasteiger partial charge in [-0.3, -0.25) is 0 Å². The first kappa shape index (κ1) is 16.6. The van der Waals surface area contributed by atoms with Gasteiger partial charge in [0.05, 0.1) is 35.9 Å². The van der Waals surface area contributed by atoms with E-state index in [4.69, 9.17) is 28.0 Å². The van der Waals surface area contributed by atoms with Gasteiger partial charge in [-0.05, 0) is 20.8 Å². The maximum absolute atomic E-state index is 8.59. The molecule has 0 aromatic carbocycles. The number of hydrogen-bond donors (Lipinski definition) is 5. The van der Waals surface area contributed by atoms with Crippen molar-refractivity contribution < 1.29 is 5.11 Å². The molecule has 2 aromatic heterocycles. The van der Waals surface area contributed by atoms with Crippen molar-refractivity contribution in [3.05, 3.63) is 11.4 Å². The van der Waals surface area contributed by atoms with E-state index in [-0.39, 0.29) is 6.61 Å². The van der Waals surface area contributed by atoms with Crippen LogP contribution >= 0.6 is 0 Å². The molecule has 0 saturated carbocycles. The van der Waals surface area contributed by atoms with Crippen LogP contribution in [-0.4, -0.2) is 31.3 Å². The standard InChI is InChI=1S/C6H12N4O.C6H12N4/c1-4-5(7)6(8)10(9-4)2-3-11;1-3-10-6(8)5(7)4(2)9-10/h11H,2-3,7-8H2,1H3;3,7-8H2,1-2H3. The van der Waals surface area contributed by atoms with Gasteiger partial charge in [-0.2, -0.15) is 10.2 Å². The summed E-state index contributed by atoms with van der Waals surface area (Å²) in [6.45, 7) is 6.78. The zero-order valence-electron chi connectivity index (χ0n) is 12.7. The van der Waals surface area contributed by atoms with Crippen LogP contribution in [-0.2, 0) is 13.1 Å². The largest absolute Gasteiger partial charge is 0.394 e. The van der Waals surface area contributed by atoms with E-state index in [2.05, 4.69) is 10.2 Å². The van der Waals surface area contributed by atoms with Crippen LogP contribution in [0.25, 0.3) is 0 Å². The topological polar surface area (TPSA) is 160 Å². The third-order valence-electron chi connectivity index (χ3n) is 3.04. The van der Waals surface area contributed by atoms with Crippen LogP contribution < -0.4 is 22.9 Å². The Hall–Kier alpha value is -2.42. The number of nitrogens with two attached hydrogens (primary N) is 4. The maximum atomic E-state index is 8.59. The summed E-state index contributed by atoms with van der Waals surface area (Å²) < 4.78 is 3.18. The van der Waals surface area contributed by atoms with Gasteiger partial charge < -0.3 is 28.0 Å². The Morgan fingerprint density at radius 1 is 0.905 bits per heavy atom. The Balaban J connectivity index is 0.000000211. The molecule has 9 heteroatoms. The summed E-state index contributed by atoms with van der Waals surface area (Å²) in [5.41, 5.74) is 24.9. The summed E-state index contributed by atoms with van der Waals surface area (Å²) in [6, 6.07) is 0. The number of aromatic nitrogens is 4. The van der Waals surface area contributed by atoms with Crippen LogP contribution in [0, 0.1) is 13.8 Å². The highest BCUT2D eigenvalue weighted by Gasteiger charge is 2.07. The lowest BCUT2D eigenvalue weighted by Gasteiger charge is -1.99. The minimum atomic E-state index is 0.0186. The molecule has 2 aromatic rings. The van der Waals surface area contributed by atoms with Crippen LogP contribution in [0.5, 0.6) is 0 Å². The molecule has 0 aliphatic rings. The Morgan fingerprint density at radius 2 is 1.33 bits per heavy atom. The van der Waals surface area contributed by atoms with Crippen LogP contribution in [0.1, 0.15) is 18.3 Å². The second-order valence-corrected chi connectivity index (χ2v) is 4.53. The molecule has 0 amide bonds. The number of nitrogens with zero attached hydrogens (tertiary/aromatic N) is 4. The number of hydrogen-bond acceptors (Lipinski definition) is 7. The Bertz CT molecular complexity index is 601. The molecule has 0 bridgehead atoms. The fraction of sp³-hybridized carbons (Fsp3) is 0.500. The summed E-state index contributed by atoms with van der Waals surface area (Å²) in [6.07, 6.45) is 0. The molecular weight excluding hydrogens is 272 g/mol. The number of aliphatic hydroxyl groups is 1. The smallest absolute Gasteiger partial charge is 0.145 e. The fourth-order valence-electron chi connectivity index (χ4n) is 1.73. The number of nitrogen functional groups attached to an aromatic ring is 4. The SMILES string of the molecule is CCn1nc(C)c(N)c1N.Cc1nn(CCO)c(N)c1N. The molecule has 0 spiro atoms. The Morgan fingerprint density at radius 3 is 1.57 bits per heavy atom. The second kappa shape index (κ2) is 6.84. The number of anilines is 4. The molecule has 2 heterocycles. The Labute approximate surface area is 123 Å². The summed E-state index contributed by atoms with van der Waals surface area (Å²) in [4.78, 5) is 0. The summed E-state index contributed by atoms with van der Waals surface area (Å²) in [5, 5.41) is 16.7. The Kier molecular flexibility index (Phi) is 5.42. The number of rotatable bonds is 3. The van der Waals surface area contributed by atoms with Crippen molar-refractivity contribution >= 4 is 23.0 Å². The average molecular weight is 296 g/mol. The van der Waals surface area contributed by atoms with E-state index in [1.54, 1.807) is 11.6 Å². The molecule has 0 radical (unpaired) electrons. The van der Waals surface area contributed by atoms with Crippen molar-refractivity contribution in [1.82, 2.24) is 19.6 Å². The highest BCUT2D eigenvalue weighted by molar-refractivity contribution is 5.62. The van der Waals surface area contributed by atoms with Crippen LogP contribution in [0.15, 0.2) is 0 Å². The first-order valence-electron chi connectivity index (χ1n) is 6.60. The van der Waals surface area contributed by atoms with E-state index in [9.17, 15) is 0 Å². The van der Waals surface area contributed by atoms with Gasteiger partial charge in [-0.25, -0.2) is 9.36 Å². The number of aliphatic hydroxyl groups excluding tert-OH is 1. The van der Waals surface area contributed by atoms with Gasteiger partial charge >= 0.3 is 0 Å². The molecule has 9 N–H and O–H groups in total. The van der Waals surface area contributed by atoms with E-state index < -0.39 is 0 Å². The van der Waals surface area contributed by atoms with Gasteiger partial charge in [0.2, 0.25) is 0 Å². The molecule has 0 atom stereocenters. The lowest BCUT2D eigenvalue weighted by Crippen LogP contribution is -2.08. The highest BCUT2D eigenvalue weighted by Crippen LogP contribution is 2.18. The molecule has 0 saturated heterocycles. The van der Waals surface area contributed by atoms with Crippen LogP contribution in [0.3, 0.4) is 0 Å². The normalized spacial score (nSPS) is 10.3. The molecule has 9 nitrogen and oxygen atoms in total. The van der Waals surface area contributed by atoms with Gasteiger partial charge in [0, 0.05) is 6.54 Å². The van der Waals surface area contributed by atoms with Gasteiger partial charge in [0.25, 0.3) is 0 Å². The fourth-order valence-corrected chi connectivity index (χ4v) is 1.73. The summed E-state index contributed by atoms with van der Waals surface area (Å²) in [7, 11) is 0. The molecule has 0 aliphatic heterocycles. The van der Waals surface area contributed by atoms with Gasteiger partial charge in [0.15, 0.2) is 0 Å². The summed E-state index contributed by atoms with van der Waals surface area (Å²) in [5.74, 6) is 0.997. The van der Waals surface area contributed by atoms with E-state index in [1.165, 1.54) is 4.68 Å². The monoisotopic (exact) mass is 296 g/mol. The van der Waals surface area contributed by atoms with Crippen molar-refractivity contribution in [2.75, 3.05) is 29.5 Å². The number of aryl methyl sites for hydroxylation is 3. The predicted octanol–water partition coefficient (Wildman–Crippen LogP) is -0.276. The third kappa shape index (κ3) is 3.57. The molecule has 0 unspecified atom stereocenters. The second-order valence-electron chi connectivity index (χ2n) is 4.53. The first-order chi connectivity index (χ1) is 9.83. The van der Waals surface area contributed by atoms with Crippen molar-refractivity contribution in [2.45, 2.75) is 33.9 Å². The van der Waals surface area contributed by atoms with E-state index in [0.29, 0.717) is 35.2 Å². The van der Waals surface area contributed by atoms with Crippen molar-refractivity contribution in [3.8, 4) is 0 Å². The molecule has 0 fully saturated rings. The van der Waals surface area contributed by atoms with E-state index >= 15 is 0 Å². The lowest BCUT2D eigenvalue weighted by molar-refractivity contribution is 0.270. The molecule has 0 aliphatic carbocycles. The van der Waals surface area contributed by atoms with Gasteiger partial charge in [0.1, 0.15) is 11.6 Å². The molecular formula is C12H24N8O. The van der Waals surface area contributed by atoms with Crippen LogP contribution in [0.4, 0.5) is 23.0 Å². The van der Waals surface area contributed by atoms with Crippen molar-refractivity contribution in [3.63, 3.8) is 0 Å². The minimum absolute atomic E-state index is 0.0186. The van der Waals surface area contributed by atoms with E-state index in [1.807, 2.05) is 13.8 Å². The quantitative estimate of drug-likeness (QED) is 0.520. The highest BCUT2D eigenvalue weighted by atomic mass is 16.3. The van der Waals surface area contributed by atoms with E-state index in [0.717, 1.165) is 12.2 Å². The average Bonchev–Trinajstić information content (AvgIpc) is 2.85. The lowest BCUT2D eigenvalue weighted by atomic mass is 10.4. The van der Waals surface area contributed by atoms with Gasteiger partial charge in [-0.15, -0.1) is 0 Å². The first-order valence-corrected chi connectivity index (χ1v) is 6.60. The zero-order valence-corrected chi connectivity index (χ0v) is 12.7. The molecule has 118 valence electrons.